The Bertz CT molecular complexity index is 583. The summed E-state index contributed by atoms with van der Waals surface area (Å²) in [4.78, 5) is 0. The first-order valence-corrected chi connectivity index (χ1v) is 8.59. The smallest absolute Gasteiger partial charge is 0.235 e. The third kappa shape index (κ3) is 4.86. The van der Waals surface area contributed by atoms with Crippen LogP contribution in [-0.2, 0) is 14.8 Å². The normalized spacial score (nSPS) is 19.0. The minimum Gasteiger partial charge on any atom is -0.491 e. The Morgan fingerprint density at radius 3 is 2.81 bits per heavy atom. The van der Waals surface area contributed by atoms with Crippen LogP contribution in [0.1, 0.15) is 26.7 Å². The monoisotopic (exact) mass is 317 g/mol. The molecular weight excluding hydrogens is 297 g/mol. The van der Waals surface area contributed by atoms with Crippen LogP contribution in [0.3, 0.4) is 0 Å². The van der Waals surface area contributed by atoms with Crippen molar-refractivity contribution in [2.24, 2.45) is 0 Å². The molecule has 1 N–H and O–H groups in total. The van der Waals surface area contributed by atoms with E-state index in [1.54, 1.807) is 0 Å². The molecule has 2 rings (SSSR count). The second kappa shape index (κ2) is 6.62. The lowest BCUT2D eigenvalue weighted by Gasteiger charge is -2.14. The molecule has 1 heterocycles. The van der Waals surface area contributed by atoms with Crippen LogP contribution in [-0.4, -0.2) is 33.0 Å². The quantitative estimate of drug-likeness (QED) is 0.875. The van der Waals surface area contributed by atoms with Crippen molar-refractivity contribution in [1.29, 1.82) is 0 Å². The average Bonchev–Trinajstić information content (AvgIpc) is 2.83. The molecule has 0 aliphatic carbocycles. The molecule has 0 bridgehead atoms. The minimum absolute atomic E-state index is 0.0774. The van der Waals surface area contributed by atoms with Crippen molar-refractivity contribution in [3.63, 3.8) is 0 Å². The summed E-state index contributed by atoms with van der Waals surface area (Å²) in [5.74, 6) is -0.454. The third-order valence-corrected chi connectivity index (χ3v) is 4.35. The van der Waals surface area contributed by atoms with Gasteiger partial charge < -0.3 is 9.47 Å². The maximum Gasteiger partial charge on any atom is 0.235 e. The van der Waals surface area contributed by atoms with Gasteiger partial charge in [0.25, 0.3) is 0 Å². The number of nitrogens with one attached hydrogen (secondary N) is 1. The van der Waals surface area contributed by atoms with Crippen LogP contribution < -0.4 is 9.46 Å². The Balaban J connectivity index is 2.04. The van der Waals surface area contributed by atoms with Gasteiger partial charge in [-0.3, -0.25) is 4.72 Å². The number of anilines is 1. The van der Waals surface area contributed by atoms with Gasteiger partial charge in [0.05, 0.1) is 23.6 Å². The first-order valence-electron chi connectivity index (χ1n) is 6.94. The zero-order valence-corrected chi connectivity index (χ0v) is 13.0. The Morgan fingerprint density at radius 2 is 2.24 bits per heavy atom. The molecule has 1 fully saturated rings. The van der Waals surface area contributed by atoms with Crippen LogP contribution in [0.25, 0.3) is 0 Å². The lowest BCUT2D eigenvalue weighted by molar-refractivity contribution is 0.127. The maximum absolute atomic E-state index is 13.9. The van der Waals surface area contributed by atoms with E-state index < -0.39 is 15.8 Å². The molecule has 0 radical (unpaired) electrons. The van der Waals surface area contributed by atoms with E-state index in [0.29, 0.717) is 18.8 Å². The summed E-state index contributed by atoms with van der Waals surface area (Å²) in [7, 11) is -3.63. The van der Waals surface area contributed by atoms with Crippen molar-refractivity contribution in [2.45, 2.75) is 38.9 Å². The molecule has 0 spiro atoms. The molecular formula is C14H20FNO4S. The van der Waals surface area contributed by atoms with Crippen LogP contribution in [0.5, 0.6) is 5.75 Å². The number of sulfonamides is 1. The molecule has 1 atom stereocenters. The highest BCUT2D eigenvalue weighted by Crippen LogP contribution is 2.23. The molecule has 118 valence electrons. The second-order valence-corrected chi connectivity index (χ2v) is 7.09. The van der Waals surface area contributed by atoms with Gasteiger partial charge >= 0.3 is 0 Å². The molecule has 1 saturated heterocycles. The fraction of sp³-hybridized carbons (Fsp3) is 0.571. The van der Waals surface area contributed by atoms with Gasteiger partial charge in [0.2, 0.25) is 10.0 Å². The third-order valence-electron chi connectivity index (χ3n) is 3.01. The highest BCUT2D eigenvalue weighted by atomic mass is 32.2. The van der Waals surface area contributed by atoms with E-state index in [-0.39, 0.29) is 23.6 Å². The van der Waals surface area contributed by atoms with Gasteiger partial charge in [-0.15, -0.1) is 0 Å². The van der Waals surface area contributed by atoms with Gasteiger partial charge in [-0.05, 0) is 38.8 Å². The molecule has 1 unspecified atom stereocenters. The summed E-state index contributed by atoms with van der Waals surface area (Å²) < 4.78 is 50.8. The number of halogens is 1. The molecule has 21 heavy (non-hydrogen) atoms. The first kappa shape index (κ1) is 16.0. The lowest BCUT2D eigenvalue weighted by atomic mass is 10.3. The average molecular weight is 317 g/mol. The predicted octanol–water partition coefficient (Wildman–Crippen LogP) is 2.53. The lowest BCUT2D eigenvalue weighted by Crippen LogP contribution is -2.26. The Hall–Kier alpha value is -1.34. The van der Waals surface area contributed by atoms with Crippen LogP contribution in [0.4, 0.5) is 10.1 Å². The van der Waals surface area contributed by atoms with Gasteiger partial charge in [-0.25, -0.2) is 12.8 Å². The molecule has 5 nitrogen and oxygen atoms in total. The topological polar surface area (TPSA) is 64.6 Å². The van der Waals surface area contributed by atoms with Gasteiger partial charge in [-0.1, -0.05) is 0 Å². The predicted molar refractivity (Wildman–Crippen MR) is 78.5 cm³/mol. The van der Waals surface area contributed by atoms with Crippen LogP contribution in [0, 0.1) is 5.82 Å². The second-order valence-electron chi connectivity index (χ2n) is 5.33. The molecule has 7 heteroatoms. The van der Waals surface area contributed by atoms with E-state index in [1.165, 1.54) is 18.2 Å². The summed E-state index contributed by atoms with van der Waals surface area (Å²) in [6.07, 6.45) is 1.18. The Morgan fingerprint density at radius 1 is 1.48 bits per heavy atom. The number of rotatable bonds is 6. The number of ether oxygens (including phenoxy) is 2. The van der Waals surface area contributed by atoms with E-state index in [4.69, 9.17) is 9.47 Å². The van der Waals surface area contributed by atoms with Crippen molar-refractivity contribution >= 4 is 15.7 Å². The minimum atomic E-state index is -3.63. The van der Waals surface area contributed by atoms with Crippen LogP contribution >= 0.6 is 0 Å². The van der Waals surface area contributed by atoms with Gasteiger partial charge in [0.15, 0.2) is 5.82 Å². The highest BCUT2D eigenvalue weighted by Gasteiger charge is 2.24. The van der Waals surface area contributed by atoms with Gasteiger partial charge in [0.1, 0.15) is 5.75 Å². The summed E-state index contributed by atoms with van der Waals surface area (Å²) in [5.41, 5.74) is -0.0795. The maximum atomic E-state index is 13.9. The molecule has 0 amide bonds. The zero-order chi connectivity index (χ0) is 15.5. The van der Waals surface area contributed by atoms with E-state index in [9.17, 15) is 12.8 Å². The highest BCUT2D eigenvalue weighted by molar-refractivity contribution is 7.92. The molecule has 0 aromatic heterocycles. The molecule has 1 aliphatic rings. The van der Waals surface area contributed by atoms with Crippen molar-refractivity contribution in [1.82, 2.24) is 0 Å². The summed E-state index contributed by atoms with van der Waals surface area (Å²) in [5, 5.41) is 0. The molecule has 0 saturated carbocycles. The number of benzene rings is 1. The number of hydrogen-bond acceptors (Lipinski definition) is 4. The van der Waals surface area contributed by atoms with Crippen molar-refractivity contribution in [3.05, 3.63) is 24.0 Å². The van der Waals surface area contributed by atoms with Crippen LogP contribution in [0.15, 0.2) is 18.2 Å². The van der Waals surface area contributed by atoms with E-state index in [0.717, 1.165) is 6.42 Å². The van der Waals surface area contributed by atoms with E-state index in [1.807, 2.05) is 13.8 Å². The first-order chi connectivity index (χ1) is 9.85. The van der Waals surface area contributed by atoms with Gasteiger partial charge in [0, 0.05) is 12.7 Å². The fourth-order valence-corrected chi connectivity index (χ4v) is 3.49. The SMILES string of the molecule is CC(C)Oc1ccc(NS(=O)(=O)CC2CCCO2)c(F)c1. The summed E-state index contributed by atoms with van der Waals surface area (Å²) in [6.45, 7) is 4.24. The summed E-state index contributed by atoms with van der Waals surface area (Å²) in [6, 6.07) is 4.07. The Labute approximate surface area is 124 Å². The fourth-order valence-electron chi connectivity index (χ4n) is 2.15. The van der Waals surface area contributed by atoms with E-state index in [2.05, 4.69) is 4.72 Å². The van der Waals surface area contributed by atoms with Crippen molar-refractivity contribution in [3.8, 4) is 5.75 Å². The largest absolute Gasteiger partial charge is 0.491 e. The molecule has 1 aromatic rings. The number of hydrogen-bond donors (Lipinski definition) is 1. The Kier molecular flexibility index (Phi) is 5.05. The van der Waals surface area contributed by atoms with E-state index >= 15 is 0 Å². The standard InChI is InChI=1S/C14H20FNO4S/c1-10(2)20-11-5-6-14(13(15)8-11)16-21(17,18)9-12-4-3-7-19-12/h5-6,8,10,12,16H,3-4,7,9H2,1-2H3. The van der Waals surface area contributed by atoms with Crippen LogP contribution in [0.2, 0.25) is 0 Å². The molecule has 1 aliphatic heterocycles. The summed E-state index contributed by atoms with van der Waals surface area (Å²) >= 11 is 0. The van der Waals surface area contributed by atoms with Gasteiger partial charge in [-0.2, -0.15) is 0 Å². The molecule has 1 aromatic carbocycles. The van der Waals surface area contributed by atoms with Crippen molar-refractivity contribution < 1.29 is 22.3 Å². The zero-order valence-electron chi connectivity index (χ0n) is 12.1. The van der Waals surface area contributed by atoms with Crippen molar-refractivity contribution in [2.75, 3.05) is 17.1 Å².